The summed E-state index contributed by atoms with van der Waals surface area (Å²) in [6.45, 7) is 6.69. The molecular weight excluding hydrogens is 418 g/mol. The molecule has 0 aromatic heterocycles. The lowest BCUT2D eigenvalue weighted by atomic mass is 9.99. The minimum atomic E-state index is -0.0797. The second kappa shape index (κ2) is 11.3. The van der Waals surface area contributed by atoms with Crippen LogP contribution in [0.2, 0.25) is 0 Å². The first-order valence-electron chi connectivity index (χ1n) is 11.2. The van der Waals surface area contributed by atoms with Crippen molar-refractivity contribution in [2.45, 2.75) is 58.2 Å². The molecule has 5 nitrogen and oxygen atoms in total. The molecule has 0 aliphatic heterocycles. The first-order chi connectivity index (χ1) is 15.5. The third kappa shape index (κ3) is 5.60. The molecule has 3 rings (SSSR count). The topological polar surface area (TPSA) is 77.6 Å². The molecule has 32 heavy (non-hydrogen) atoms. The molecule has 0 radical (unpaired) electrons. The van der Waals surface area contributed by atoms with E-state index in [2.05, 4.69) is 30.4 Å². The lowest BCUT2D eigenvalue weighted by Gasteiger charge is -2.15. The van der Waals surface area contributed by atoms with Crippen molar-refractivity contribution in [1.82, 2.24) is 5.32 Å². The molecule has 1 aliphatic carbocycles. The lowest BCUT2D eigenvalue weighted by molar-refractivity contribution is 0.241. The van der Waals surface area contributed by atoms with Crippen LogP contribution < -0.4 is 10.1 Å². The maximum atomic E-state index is 9.53. The number of aliphatic hydroxyl groups excluding tert-OH is 1. The lowest BCUT2D eigenvalue weighted by Crippen LogP contribution is -2.22. The molecule has 168 valence electrons. The second-order valence-corrected chi connectivity index (χ2v) is 8.68. The van der Waals surface area contributed by atoms with E-state index < -0.39 is 0 Å². The van der Waals surface area contributed by atoms with Crippen LogP contribution in [-0.2, 0) is 6.42 Å². The van der Waals surface area contributed by atoms with Gasteiger partial charge in [0.25, 0.3) is 0 Å². The van der Waals surface area contributed by atoms with Crippen LogP contribution in [0.1, 0.15) is 73.5 Å². The summed E-state index contributed by atoms with van der Waals surface area (Å²) >= 11 is 5.74. The number of nitriles is 1. The molecule has 0 saturated carbocycles. The van der Waals surface area contributed by atoms with Gasteiger partial charge in [-0.15, -0.1) is 0 Å². The summed E-state index contributed by atoms with van der Waals surface area (Å²) in [5.74, 6) is 0.602. The Bertz CT molecular complexity index is 1030. The Hall–Kier alpha value is -2.59. The Labute approximate surface area is 196 Å². The van der Waals surface area contributed by atoms with Gasteiger partial charge in [-0.1, -0.05) is 43.4 Å². The van der Waals surface area contributed by atoms with E-state index in [-0.39, 0.29) is 24.8 Å². The van der Waals surface area contributed by atoms with Gasteiger partial charge in [-0.2, -0.15) is 5.26 Å². The summed E-state index contributed by atoms with van der Waals surface area (Å²) in [4.78, 5) is 5.51. The van der Waals surface area contributed by atoms with Gasteiger partial charge in [0.2, 0.25) is 0 Å². The highest BCUT2D eigenvalue weighted by Gasteiger charge is 2.24. The molecule has 6 heteroatoms. The van der Waals surface area contributed by atoms with E-state index in [0.717, 1.165) is 35.3 Å². The van der Waals surface area contributed by atoms with Gasteiger partial charge in [0.15, 0.2) is 0 Å². The van der Waals surface area contributed by atoms with Crippen molar-refractivity contribution in [3.05, 3.63) is 64.2 Å². The highest BCUT2D eigenvalue weighted by molar-refractivity contribution is 7.82. The van der Waals surface area contributed by atoms with Gasteiger partial charge in [0, 0.05) is 18.8 Å². The summed E-state index contributed by atoms with van der Waals surface area (Å²) in [5, 5.41) is 22.0. The summed E-state index contributed by atoms with van der Waals surface area (Å²) in [7, 11) is 0. The third-order valence-corrected chi connectivity index (χ3v) is 5.99. The van der Waals surface area contributed by atoms with Crippen LogP contribution in [0.4, 0.5) is 0 Å². The Morgan fingerprint density at radius 3 is 2.88 bits per heavy atom. The normalized spacial score (nSPS) is 16.2. The highest BCUT2D eigenvalue weighted by atomic mass is 32.1. The van der Waals surface area contributed by atoms with Gasteiger partial charge in [-0.25, -0.2) is 0 Å². The maximum absolute atomic E-state index is 9.53. The van der Waals surface area contributed by atoms with Crippen molar-refractivity contribution in [3.8, 4) is 11.8 Å². The van der Waals surface area contributed by atoms with Crippen molar-refractivity contribution >= 4 is 23.3 Å². The van der Waals surface area contributed by atoms with Crippen LogP contribution in [0.25, 0.3) is 0 Å². The quantitative estimate of drug-likeness (QED) is 0.308. The minimum Gasteiger partial charge on any atom is -0.490 e. The number of hydrogen-bond acceptors (Lipinski definition) is 6. The molecule has 0 saturated heterocycles. The SMILES string of the molecule is CCC(N=CC(=S)c1cccc2c1CCC2NCCO)c1ccc(OC(C)C)c(C#N)c1. The first kappa shape index (κ1) is 24.1. The van der Waals surface area contributed by atoms with Crippen molar-refractivity contribution in [2.75, 3.05) is 13.2 Å². The van der Waals surface area contributed by atoms with Crippen LogP contribution in [0.3, 0.4) is 0 Å². The van der Waals surface area contributed by atoms with E-state index in [0.29, 0.717) is 17.9 Å². The van der Waals surface area contributed by atoms with E-state index in [1.807, 2.05) is 38.1 Å². The number of thiocarbonyl (C=S) groups is 1. The van der Waals surface area contributed by atoms with E-state index in [1.165, 1.54) is 11.1 Å². The number of ether oxygens (including phenoxy) is 1. The predicted octanol–water partition coefficient (Wildman–Crippen LogP) is 4.85. The van der Waals surface area contributed by atoms with Gasteiger partial charge in [0.05, 0.1) is 29.2 Å². The van der Waals surface area contributed by atoms with Crippen LogP contribution >= 0.6 is 12.2 Å². The fourth-order valence-corrected chi connectivity index (χ4v) is 4.44. The Morgan fingerprint density at radius 1 is 1.38 bits per heavy atom. The smallest absolute Gasteiger partial charge is 0.137 e. The number of nitrogens with zero attached hydrogens (tertiary/aromatic N) is 2. The first-order valence-corrected chi connectivity index (χ1v) is 11.6. The third-order valence-electron chi connectivity index (χ3n) is 5.67. The zero-order valence-electron chi connectivity index (χ0n) is 19.0. The summed E-state index contributed by atoms with van der Waals surface area (Å²) in [6.07, 6.45) is 4.57. The van der Waals surface area contributed by atoms with E-state index in [4.69, 9.17) is 27.1 Å². The molecule has 2 atom stereocenters. The van der Waals surface area contributed by atoms with Gasteiger partial charge >= 0.3 is 0 Å². The van der Waals surface area contributed by atoms with Crippen molar-refractivity contribution in [2.24, 2.45) is 4.99 Å². The van der Waals surface area contributed by atoms with Crippen LogP contribution in [0.5, 0.6) is 5.75 Å². The van der Waals surface area contributed by atoms with Gasteiger partial charge in [-0.3, -0.25) is 4.99 Å². The van der Waals surface area contributed by atoms with Crippen LogP contribution in [0.15, 0.2) is 41.4 Å². The summed E-state index contributed by atoms with van der Waals surface area (Å²) in [5.41, 5.74) is 5.09. The Kier molecular flexibility index (Phi) is 8.52. The Morgan fingerprint density at radius 2 is 2.19 bits per heavy atom. The molecule has 2 unspecified atom stereocenters. The van der Waals surface area contributed by atoms with E-state index in [1.54, 1.807) is 6.21 Å². The standard InChI is InChI=1S/C26H31N3O2S/c1-4-23(18-8-11-25(31-17(2)3)19(14-18)15-27)29-16-26(32)22-7-5-6-21-20(22)9-10-24(21)28-12-13-30/h5-8,11,14,16-17,23-24,28,30H,4,9-10,12-13H2,1-3H3. The fourth-order valence-electron chi connectivity index (χ4n) is 4.19. The summed E-state index contributed by atoms with van der Waals surface area (Å²) < 4.78 is 5.74. The van der Waals surface area contributed by atoms with Crippen LogP contribution in [0, 0.1) is 11.3 Å². The zero-order chi connectivity index (χ0) is 23.1. The number of nitrogens with one attached hydrogen (secondary N) is 1. The molecule has 0 spiro atoms. The predicted molar refractivity (Wildman–Crippen MR) is 133 cm³/mol. The van der Waals surface area contributed by atoms with Crippen molar-refractivity contribution < 1.29 is 9.84 Å². The number of hydrogen-bond donors (Lipinski definition) is 2. The maximum Gasteiger partial charge on any atom is 0.137 e. The number of benzene rings is 2. The monoisotopic (exact) mass is 449 g/mol. The van der Waals surface area contributed by atoms with Crippen molar-refractivity contribution in [3.63, 3.8) is 0 Å². The van der Waals surface area contributed by atoms with Gasteiger partial charge in [-0.05, 0) is 67.5 Å². The molecule has 2 aromatic rings. The molecule has 1 aliphatic rings. The zero-order valence-corrected chi connectivity index (χ0v) is 19.8. The molecule has 0 fully saturated rings. The molecular formula is C26H31N3O2S. The Balaban J connectivity index is 1.79. The summed E-state index contributed by atoms with van der Waals surface area (Å²) in [6, 6.07) is 14.4. The second-order valence-electron chi connectivity index (χ2n) is 8.24. The highest BCUT2D eigenvalue weighted by Crippen LogP contribution is 2.34. The van der Waals surface area contributed by atoms with Crippen LogP contribution in [-0.4, -0.2) is 35.4 Å². The minimum absolute atomic E-state index is 0.0105. The number of rotatable bonds is 10. The molecule has 0 heterocycles. The molecule has 0 bridgehead atoms. The molecule has 2 aromatic carbocycles. The van der Waals surface area contributed by atoms with Crippen molar-refractivity contribution in [1.29, 1.82) is 5.26 Å². The van der Waals surface area contributed by atoms with Gasteiger partial charge < -0.3 is 15.2 Å². The largest absolute Gasteiger partial charge is 0.490 e. The number of aliphatic hydroxyl groups is 1. The van der Waals surface area contributed by atoms with E-state index in [9.17, 15) is 5.26 Å². The average Bonchev–Trinajstić information content (AvgIpc) is 3.21. The van der Waals surface area contributed by atoms with Gasteiger partial charge in [0.1, 0.15) is 11.8 Å². The fraction of sp³-hybridized carbons (Fsp3) is 0.423. The van der Waals surface area contributed by atoms with E-state index >= 15 is 0 Å². The molecule has 2 N–H and O–H groups in total. The average molecular weight is 450 g/mol. The molecule has 0 amide bonds. The number of fused-ring (bicyclic) bond motifs is 1. The number of aliphatic imine (C=N–C) groups is 1.